The Bertz CT molecular complexity index is 1150. The van der Waals surface area contributed by atoms with E-state index in [2.05, 4.69) is 4.98 Å². The summed E-state index contributed by atoms with van der Waals surface area (Å²) in [5.74, 6) is -1.27. The quantitative estimate of drug-likeness (QED) is 0.577. The van der Waals surface area contributed by atoms with Crippen LogP contribution in [0.25, 0.3) is 11.5 Å². The van der Waals surface area contributed by atoms with Gasteiger partial charge in [-0.2, -0.15) is 4.98 Å². The average Bonchev–Trinajstić information content (AvgIpc) is 3.14. The van der Waals surface area contributed by atoms with Crippen molar-refractivity contribution in [3.8, 4) is 11.5 Å². The Morgan fingerprint density at radius 1 is 1.00 bits per heavy atom. The first-order valence-electron chi connectivity index (χ1n) is 9.42. The predicted octanol–water partition coefficient (Wildman–Crippen LogP) is 4.07. The van der Waals surface area contributed by atoms with Gasteiger partial charge >= 0.3 is 0 Å². The van der Waals surface area contributed by atoms with E-state index in [-0.39, 0.29) is 39.5 Å². The Morgan fingerprint density at radius 2 is 1.63 bits per heavy atom. The summed E-state index contributed by atoms with van der Waals surface area (Å²) in [5.41, 5.74) is 0.0497. The van der Waals surface area contributed by atoms with Gasteiger partial charge in [-0.3, -0.25) is 0 Å². The standard InChI is InChI=1S/C21H20F2N2O4S/c1-13-11-25(12-14(2)28-13)21-20(30(26,27)16-9-7-15(22)8-10-16)24-19(29-21)17-5-3-4-6-18(17)23/h3-10,13-14H,11-12H2,1-2H3. The highest BCUT2D eigenvalue weighted by atomic mass is 32.2. The molecule has 0 saturated carbocycles. The summed E-state index contributed by atoms with van der Waals surface area (Å²) in [6.07, 6.45) is -0.339. The zero-order chi connectivity index (χ0) is 21.5. The molecule has 4 rings (SSSR count). The summed E-state index contributed by atoms with van der Waals surface area (Å²) in [6.45, 7) is 4.49. The summed E-state index contributed by atoms with van der Waals surface area (Å²) < 4.78 is 65.8. The number of aromatic nitrogens is 1. The Balaban J connectivity index is 1.87. The topological polar surface area (TPSA) is 72.6 Å². The normalized spacial score (nSPS) is 19.8. The number of hydrogen-bond donors (Lipinski definition) is 0. The lowest BCUT2D eigenvalue weighted by molar-refractivity contribution is -0.00657. The van der Waals surface area contributed by atoms with Crippen molar-refractivity contribution in [2.45, 2.75) is 36.0 Å². The van der Waals surface area contributed by atoms with E-state index < -0.39 is 21.5 Å². The summed E-state index contributed by atoms with van der Waals surface area (Å²) in [4.78, 5) is 5.76. The molecule has 2 aromatic carbocycles. The first kappa shape index (κ1) is 20.5. The fourth-order valence-electron chi connectivity index (χ4n) is 3.49. The average molecular weight is 434 g/mol. The van der Waals surface area contributed by atoms with Gasteiger partial charge in [0.1, 0.15) is 11.6 Å². The van der Waals surface area contributed by atoms with Gasteiger partial charge in [0.2, 0.25) is 26.6 Å². The van der Waals surface area contributed by atoms with Gasteiger partial charge in [0.05, 0.1) is 22.7 Å². The molecule has 0 N–H and O–H groups in total. The van der Waals surface area contributed by atoms with Crippen molar-refractivity contribution in [3.05, 3.63) is 60.2 Å². The number of halogens is 2. The molecular weight excluding hydrogens is 414 g/mol. The van der Waals surface area contributed by atoms with Crippen LogP contribution in [0.3, 0.4) is 0 Å². The van der Waals surface area contributed by atoms with Gasteiger partial charge in [0, 0.05) is 13.1 Å². The molecule has 2 atom stereocenters. The third-order valence-corrected chi connectivity index (χ3v) is 6.44. The summed E-state index contributed by atoms with van der Waals surface area (Å²) in [7, 11) is -4.15. The molecule has 9 heteroatoms. The number of nitrogens with zero attached hydrogens (tertiary/aromatic N) is 2. The lowest BCUT2D eigenvalue weighted by Crippen LogP contribution is -2.45. The monoisotopic (exact) mass is 434 g/mol. The molecule has 0 bridgehead atoms. The molecular formula is C21H20F2N2O4S. The molecule has 1 aliphatic heterocycles. The number of benzene rings is 2. The summed E-state index contributed by atoms with van der Waals surface area (Å²) >= 11 is 0. The smallest absolute Gasteiger partial charge is 0.236 e. The van der Waals surface area contributed by atoms with Crippen molar-refractivity contribution in [2.24, 2.45) is 0 Å². The molecule has 1 aromatic heterocycles. The molecule has 3 aromatic rings. The van der Waals surface area contributed by atoms with Gasteiger partial charge in [0.25, 0.3) is 0 Å². The van der Waals surface area contributed by atoms with E-state index in [4.69, 9.17) is 9.15 Å². The van der Waals surface area contributed by atoms with Crippen LogP contribution in [0.4, 0.5) is 14.7 Å². The molecule has 0 spiro atoms. The fourth-order valence-corrected chi connectivity index (χ4v) is 4.81. The van der Waals surface area contributed by atoms with E-state index >= 15 is 0 Å². The SMILES string of the molecule is CC1CN(c2oc(-c3ccccc3F)nc2S(=O)(=O)c2ccc(F)cc2)CC(C)O1. The van der Waals surface area contributed by atoms with Gasteiger partial charge < -0.3 is 14.1 Å². The van der Waals surface area contributed by atoms with Crippen LogP contribution in [0.5, 0.6) is 0 Å². The maximum absolute atomic E-state index is 14.3. The third-order valence-electron chi connectivity index (χ3n) is 4.77. The van der Waals surface area contributed by atoms with Crippen molar-refractivity contribution in [1.29, 1.82) is 0 Å². The highest BCUT2D eigenvalue weighted by Gasteiger charge is 2.34. The Hall–Kier alpha value is -2.78. The molecule has 1 saturated heterocycles. The second kappa shape index (κ2) is 7.81. The minimum Gasteiger partial charge on any atom is -0.419 e. The van der Waals surface area contributed by atoms with Gasteiger partial charge in [0.15, 0.2) is 0 Å². The number of hydrogen-bond acceptors (Lipinski definition) is 6. The van der Waals surface area contributed by atoms with E-state index in [1.807, 2.05) is 13.8 Å². The minimum atomic E-state index is -4.15. The molecule has 1 fully saturated rings. The number of rotatable bonds is 4. The molecule has 2 unspecified atom stereocenters. The minimum absolute atomic E-state index is 0.0135. The van der Waals surface area contributed by atoms with Gasteiger partial charge in [-0.05, 0) is 50.2 Å². The van der Waals surface area contributed by atoms with Crippen LogP contribution < -0.4 is 4.90 Å². The van der Waals surface area contributed by atoms with Gasteiger partial charge in [-0.15, -0.1) is 0 Å². The Kier molecular flexibility index (Phi) is 5.33. The van der Waals surface area contributed by atoms with E-state index in [0.717, 1.165) is 24.3 Å². The van der Waals surface area contributed by atoms with E-state index in [9.17, 15) is 17.2 Å². The van der Waals surface area contributed by atoms with Crippen LogP contribution in [-0.2, 0) is 14.6 Å². The number of oxazole rings is 1. The number of anilines is 1. The van der Waals surface area contributed by atoms with Crippen LogP contribution in [0.1, 0.15) is 13.8 Å². The zero-order valence-corrected chi connectivity index (χ0v) is 17.2. The maximum atomic E-state index is 14.3. The van der Waals surface area contributed by atoms with Crippen LogP contribution in [-0.4, -0.2) is 38.7 Å². The molecule has 30 heavy (non-hydrogen) atoms. The van der Waals surface area contributed by atoms with Crippen LogP contribution in [0, 0.1) is 11.6 Å². The molecule has 158 valence electrons. The molecule has 0 radical (unpaired) electrons. The van der Waals surface area contributed by atoms with Crippen LogP contribution >= 0.6 is 0 Å². The van der Waals surface area contributed by atoms with Crippen molar-refractivity contribution >= 4 is 15.7 Å². The van der Waals surface area contributed by atoms with Crippen LogP contribution in [0.15, 0.2) is 62.9 Å². The molecule has 0 aliphatic carbocycles. The summed E-state index contributed by atoms with van der Waals surface area (Å²) in [5, 5.41) is -0.339. The number of sulfone groups is 1. The second-order valence-corrected chi connectivity index (χ2v) is 9.09. The van der Waals surface area contributed by atoms with Crippen molar-refractivity contribution < 1.29 is 26.4 Å². The van der Waals surface area contributed by atoms with E-state index in [1.165, 1.54) is 18.2 Å². The highest BCUT2D eigenvalue weighted by molar-refractivity contribution is 7.91. The van der Waals surface area contributed by atoms with Crippen LogP contribution in [0.2, 0.25) is 0 Å². The largest absolute Gasteiger partial charge is 0.419 e. The van der Waals surface area contributed by atoms with Gasteiger partial charge in [-0.25, -0.2) is 17.2 Å². The number of morpholine rings is 1. The zero-order valence-electron chi connectivity index (χ0n) is 16.4. The Labute approximate surface area is 173 Å². The van der Waals surface area contributed by atoms with E-state index in [1.54, 1.807) is 11.0 Å². The molecule has 0 amide bonds. The first-order chi connectivity index (χ1) is 14.3. The second-order valence-electron chi connectivity index (χ2n) is 7.23. The van der Waals surface area contributed by atoms with Crippen molar-refractivity contribution in [2.75, 3.05) is 18.0 Å². The fraction of sp³-hybridized carbons (Fsp3) is 0.286. The third kappa shape index (κ3) is 3.82. The van der Waals surface area contributed by atoms with Crippen molar-refractivity contribution in [1.82, 2.24) is 4.98 Å². The molecule has 1 aliphatic rings. The van der Waals surface area contributed by atoms with E-state index in [0.29, 0.717) is 13.1 Å². The molecule has 2 heterocycles. The summed E-state index contributed by atoms with van der Waals surface area (Å²) in [6, 6.07) is 10.3. The number of ether oxygens (including phenoxy) is 1. The van der Waals surface area contributed by atoms with Gasteiger partial charge in [-0.1, -0.05) is 12.1 Å². The molecule has 6 nitrogen and oxygen atoms in total. The highest BCUT2D eigenvalue weighted by Crippen LogP contribution is 2.36. The lowest BCUT2D eigenvalue weighted by atomic mass is 10.2. The predicted molar refractivity (Wildman–Crippen MR) is 106 cm³/mol. The first-order valence-corrected chi connectivity index (χ1v) is 10.9. The Morgan fingerprint density at radius 3 is 2.27 bits per heavy atom. The van der Waals surface area contributed by atoms with Crippen molar-refractivity contribution in [3.63, 3.8) is 0 Å². The lowest BCUT2D eigenvalue weighted by Gasteiger charge is -2.35. The maximum Gasteiger partial charge on any atom is 0.236 e.